The molecule has 0 unspecified atom stereocenters. The van der Waals surface area contributed by atoms with Gasteiger partial charge in [-0.25, -0.2) is 0 Å². The average Bonchev–Trinajstić information content (AvgIpc) is 2.96. The minimum absolute atomic E-state index is 0.0218. The van der Waals surface area contributed by atoms with Gasteiger partial charge >= 0.3 is 0 Å². The van der Waals surface area contributed by atoms with E-state index in [0.717, 1.165) is 16.2 Å². The topological polar surface area (TPSA) is 123 Å². The number of aromatic nitrogens is 1. The van der Waals surface area contributed by atoms with Crippen molar-refractivity contribution in [3.8, 4) is 5.69 Å². The van der Waals surface area contributed by atoms with E-state index in [2.05, 4.69) is 10.6 Å². The van der Waals surface area contributed by atoms with Crippen LogP contribution in [0.3, 0.4) is 0 Å². The number of aryl methyl sites for hydroxylation is 1. The Morgan fingerprint density at radius 1 is 1.00 bits per heavy atom. The minimum atomic E-state index is -0.643. The highest BCUT2D eigenvalue weighted by atomic mass is 16.2. The number of hydrogen-bond donors (Lipinski definition) is 3. The lowest BCUT2D eigenvalue weighted by Crippen LogP contribution is -2.24. The molecule has 4 N–H and O–H groups in total. The normalized spacial score (nSPS) is 12.4. The van der Waals surface area contributed by atoms with Gasteiger partial charge < -0.3 is 11.1 Å². The first-order chi connectivity index (χ1) is 13.8. The van der Waals surface area contributed by atoms with Crippen molar-refractivity contribution in [2.24, 2.45) is 0 Å². The average molecular weight is 388 g/mol. The van der Waals surface area contributed by atoms with E-state index in [-0.39, 0.29) is 22.9 Å². The van der Waals surface area contributed by atoms with Crippen LogP contribution in [0.2, 0.25) is 0 Å². The van der Waals surface area contributed by atoms with Crippen molar-refractivity contribution in [2.75, 3.05) is 11.1 Å². The lowest BCUT2D eigenvalue weighted by Gasteiger charge is -2.13. The number of nitrogens with one attached hydrogen (secondary N) is 2. The van der Waals surface area contributed by atoms with E-state index in [9.17, 15) is 19.2 Å². The molecular formula is C21H16N4O4. The number of nitrogen functional groups attached to an aromatic ring is 1. The highest BCUT2D eigenvalue weighted by Gasteiger charge is 2.31. The van der Waals surface area contributed by atoms with E-state index in [1.165, 1.54) is 0 Å². The number of anilines is 2. The number of rotatable bonds is 3. The molecular weight excluding hydrogens is 372 g/mol. The SMILES string of the molecule is Cc1cccc(C(=O)Nc2ccc(-n3c(N)c4c(cc3=O)C(=O)NC4=O)cc2)c1. The standard InChI is InChI=1S/C21H16N4O4/c1-11-3-2-4-12(9-11)19(27)23-13-5-7-14(8-6-13)25-16(26)10-15-17(18(25)22)21(29)24-20(15)28/h2-10H,22H2,1H3,(H,23,27)(H,24,28,29). The first-order valence-corrected chi connectivity index (χ1v) is 8.75. The zero-order valence-corrected chi connectivity index (χ0v) is 15.4. The van der Waals surface area contributed by atoms with Crippen molar-refractivity contribution in [3.05, 3.63) is 87.2 Å². The third-order valence-corrected chi connectivity index (χ3v) is 4.62. The van der Waals surface area contributed by atoms with Crippen LogP contribution in [-0.2, 0) is 0 Å². The number of pyridine rings is 1. The summed E-state index contributed by atoms with van der Waals surface area (Å²) < 4.78 is 1.14. The summed E-state index contributed by atoms with van der Waals surface area (Å²) >= 11 is 0. The molecule has 1 aliphatic rings. The second-order valence-electron chi connectivity index (χ2n) is 6.65. The molecule has 0 aliphatic carbocycles. The molecule has 0 saturated heterocycles. The Morgan fingerprint density at radius 3 is 2.41 bits per heavy atom. The van der Waals surface area contributed by atoms with E-state index in [0.29, 0.717) is 16.9 Å². The van der Waals surface area contributed by atoms with Crippen LogP contribution in [0.25, 0.3) is 5.69 Å². The van der Waals surface area contributed by atoms with Crippen LogP contribution >= 0.6 is 0 Å². The fourth-order valence-corrected chi connectivity index (χ4v) is 3.23. The summed E-state index contributed by atoms with van der Waals surface area (Å²) in [5.41, 5.74) is 7.85. The molecule has 29 heavy (non-hydrogen) atoms. The molecule has 1 aromatic heterocycles. The second kappa shape index (κ2) is 6.75. The maximum absolute atomic E-state index is 12.5. The Balaban J connectivity index is 1.65. The molecule has 3 amide bonds. The summed E-state index contributed by atoms with van der Waals surface area (Å²) in [7, 11) is 0. The molecule has 0 spiro atoms. The van der Waals surface area contributed by atoms with Crippen LogP contribution in [0.15, 0.2) is 59.4 Å². The van der Waals surface area contributed by atoms with E-state index >= 15 is 0 Å². The van der Waals surface area contributed by atoms with E-state index in [1.54, 1.807) is 42.5 Å². The van der Waals surface area contributed by atoms with Crippen molar-refractivity contribution >= 4 is 29.2 Å². The summed E-state index contributed by atoms with van der Waals surface area (Å²) in [6.45, 7) is 1.90. The third kappa shape index (κ3) is 3.16. The molecule has 144 valence electrons. The number of carbonyl (C=O) groups is 3. The highest BCUT2D eigenvalue weighted by Crippen LogP contribution is 2.23. The molecule has 2 aromatic carbocycles. The first-order valence-electron chi connectivity index (χ1n) is 8.75. The number of amides is 3. The van der Waals surface area contributed by atoms with Gasteiger partial charge in [-0.1, -0.05) is 17.7 Å². The predicted octanol–water partition coefficient (Wildman–Crippen LogP) is 1.86. The van der Waals surface area contributed by atoms with Gasteiger partial charge in [-0.2, -0.15) is 0 Å². The van der Waals surface area contributed by atoms with Crippen molar-refractivity contribution in [1.82, 2.24) is 9.88 Å². The Bertz CT molecular complexity index is 1240. The van der Waals surface area contributed by atoms with Crippen LogP contribution in [0.4, 0.5) is 11.5 Å². The maximum Gasteiger partial charge on any atom is 0.262 e. The smallest absolute Gasteiger partial charge is 0.262 e. The Hall–Kier alpha value is -4.20. The predicted molar refractivity (Wildman–Crippen MR) is 107 cm³/mol. The summed E-state index contributed by atoms with van der Waals surface area (Å²) in [6.07, 6.45) is 0. The maximum atomic E-state index is 12.5. The second-order valence-corrected chi connectivity index (χ2v) is 6.65. The van der Waals surface area contributed by atoms with Crippen LogP contribution < -0.4 is 21.9 Å². The number of hydrogen-bond acceptors (Lipinski definition) is 5. The van der Waals surface area contributed by atoms with Gasteiger partial charge in [0.15, 0.2) is 0 Å². The molecule has 0 atom stereocenters. The van der Waals surface area contributed by atoms with Crippen molar-refractivity contribution in [2.45, 2.75) is 6.92 Å². The lowest BCUT2D eigenvalue weighted by atomic mass is 10.1. The molecule has 8 heteroatoms. The van der Waals surface area contributed by atoms with E-state index in [4.69, 9.17) is 5.73 Å². The van der Waals surface area contributed by atoms with Crippen LogP contribution in [0, 0.1) is 6.92 Å². The summed E-state index contributed by atoms with van der Waals surface area (Å²) in [5.74, 6) is -1.66. The molecule has 0 fully saturated rings. The summed E-state index contributed by atoms with van der Waals surface area (Å²) in [4.78, 5) is 48.5. The van der Waals surface area contributed by atoms with Crippen molar-refractivity contribution in [1.29, 1.82) is 0 Å². The van der Waals surface area contributed by atoms with Crippen molar-refractivity contribution in [3.63, 3.8) is 0 Å². The molecule has 1 aliphatic heterocycles. The fourth-order valence-electron chi connectivity index (χ4n) is 3.23. The number of nitrogens with zero attached hydrogens (tertiary/aromatic N) is 1. The number of benzene rings is 2. The van der Waals surface area contributed by atoms with Crippen LogP contribution in [-0.4, -0.2) is 22.3 Å². The van der Waals surface area contributed by atoms with Gasteiger partial charge in [0, 0.05) is 17.3 Å². The minimum Gasteiger partial charge on any atom is -0.384 e. The number of imide groups is 1. The van der Waals surface area contributed by atoms with Crippen molar-refractivity contribution < 1.29 is 14.4 Å². The fraction of sp³-hybridized carbons (Fsp3) is 0.0476. The molecule has 8 nitrogen and oxygen atoms in total. The monoisotopic (exact) mass is 388 g/mol. The highest BCUT2D eigenvalue weighted by molar-refractivity contribution is 6.23. The van der Waals surface area contributed by atoms with Crippen LogP contribution in [0.1, 0.15) is 36.6 Å². The number of fused-ring (bicyclic) bond motifs is 1. The van der Waals surface area contributed by atoms with E-state index < -0.39 is 17.4 Å². The molecule has 4 rings (SSSR count). The first kappa shape index (κ1) is 18.2. The molecule has 0 radical (unpaired) electrons. The Kier molecular flexibility index (Phi) is 4.23. The van der Waals surface area contributed by atoms with Gasteiger partial charge in [0.2, 0.25) is 0 Å². The van der Waals surface area contributed by atoms with Crippen LogP contribution in [0.5, 0.6) is 0 Å². The van der Waals surface area contributed by atoms with Gasteiger partial charge in [0.05, 0.1) is 16.8 Å². The van der Waals surface area contributed by atoms with Gasteiger partial charge in [-0.15, -0.1) is 0 Å². The molecule has 0 bridgehead atoms. The Morgan fingerprint density at radius 2 is 1.72 bits per heavy atom. The lowest BCUT2D eigenvalue weighted by molar-refractivity contribution is 0.0879. The number of carbonyl (C=O) groups excluding carboxylic acids is 3. The van der Waals surface area contributed by atoms with Gasteiger partial charge in [-0.3, -0.25) is 29.1 Å². The largest absolute Gasteiger partial charge is 0.384 e. The van der Waals surface area contributed by atoms with Gasteiger partial charge in [-0.05, 0) is 43.3 Å². The van der Waals surface area contributed by atoms with Gasteiger partial charge in [0.25, 0.3) is 23.3 Å². The van der Waals surface area contributed by atoms with E-state index in [1.807, 2.05) is 13.0 Å². The van der Waals surface area contributed by atoms with Gasteiger partial charge in [0.1, 0.15) is 5.82 Å². The molecule has 3 aromatic rings. The quantitative estimate of drug-likeness (QED) is 0.591. The third-order valence-electron chi connectivity index (χ3n) is 4.62. The summed E-state index contributed by atoms with van der Waals surface area (Å²) in [5, 5.41) is 4.90. The number of nitrogens with two attached hydrogens (primary N) is 1. The molecule has 2 heterocycles. The Labute approximate surface area is 165 Å². The molecule has 0 saturated carbocycles. The zero-order chi connectivity index (χ0) is 20.7. The summed E-state index contributed by atoms with van der Waals surface area (Å²) in [6, 6.07) is 14.7. The zero-order valence-electron chi connectivity index (χ0n) is 15.4.